The highest BCUT2D eigenvalue weighted by Crippen LogP contribution is 2.21. The number of rotatable bonds is 3. The molecule has 2 aliphatic heterocycles. The maximum absolute atomic E-state index is 11.7. The fourth-order valence-corrected chi connectivity index (χ4v) is 3.80. The van der Waals surface area contributed by atoms with E-state index in [4.69, 9.17) is 0 Å². The molecule has 0 bridgehead atoms. The van der Waals surface area contributed by atoms with Crippen LogP contribution in [0.2, 0.25) is 0 Å². The van der Waals surface area contributed by atoms with Gasteiger partial charge in [0, 0.05) is 44.0 Å². The number of alkyl halides is 1. The molecule has 0 aromatic carbocycles. The Hall–Kier alpha value is -0.0900. The molecule has 2 fully saturated rings. The Labute approximate surface area is 113 Å². The molecule has 3 atom stereocenters. The van der Waals surface area contributed by atoms with Gasteiger partial charge in [-0.05, 0) is 18.3 Å². The summed E-state index contributed by atoms with van der Waals surface area (Å²) < 4.78 is 0. The smallest absolute Gasteiger partial charge is 0.223 e. The predicted molar refractivity (Wildman–Crippen MR) is 73.3 cm³/mol. The third-order valence-electron chi connectivity index (χ3n) is 3.80. The molecule has 0 N–H and O–H groups in total. The van der Waals surface area contributed by atoms with E-state index in [1.54, 1.807) is 0 Å². The largest absolute Gasteiger partial charge is 0.340 e. The third kappa shape index (κ3) is 3.68. The van der Waals surface area contributed by atoms with Gasteiger partial charge in [-0.25, -0.2) is 0 Å². The van der Waals surface area contributed by atoms with E-state index in [2.05, 4.69) is 34.7 Å². The standard InChI is InChI=1S/C13H23BrN2O/c1-10-5-11(2)8-15(7-10)3-4-16-9-12(14)6-13(16)17/h10-12H,3-9H2,1-2H3. The summed E-state index contributed by atoms with van der Waals surface area (Å²) in [7, 11) is 0. The van der Waals surface area contributed by atoms with Crippen LogP contribution in [-0.4, -0.2) is 53.3 Å². The lowest BCUT2D eigenvalue weighted by Gasteiger charge is -2.35. The average Bonchev–Trinajstić information content (AvgIpc) is 2.53. The number of piperidine rings is 1. The van der Waals surface area contributed by atoms with Gasteiger partial charge in [0.1, 0.15) is 0 Å². The summed E-state index contributed by atoms with van der Waals surface area (Å²) >= 11 is 3.53. The Kier molecular flexibility index (Phi) is 4.47. The summed E-state index contributed by atoms with van der Waals surface area (Å²) in [5, 5.41) is 0. The zero-order valence-electron chi connectivity index (χ0n) is 10.9. The van der Waals surface area contributed by atoms with E-state index in [0.29, 0.717) is 17.2 Å². The van der Waals surface area contributed by atoms with Gasteiger partial charge in [-0.15, -0.1) is 0 Å². The van der Waals surface area contributed by atoms with Crippen molar-refractivity contribution in [1.82, 2.24) is 9.80 Å². The number of halogens is 1. The van der Waals surface area contributed by atoms with Crippen LogP contribution in [0.25, 0.3) is 0 Å². The molecule has 2 heterocycles. The number of nitrogens with zero attached hydrogens (tertiary/aromatic N) is 2. The van der Waals surface area contributed by atoms with Crippen molar-refractivity contribution < 1.29 is 4.79 Å². The maximum atomic E-state index is 11.7. The second-order valence-corrected chi connectivity index (χ2v) is 7.14. The molecule has 0 aromatic heterocycles. The quantitative estimate of drug-likeness (QED) is 0.744. The predicted octanol–water partition coefficient (Wildman–Crippen LogP) is 1.96. The topological polar surface area (TPSA) is 23.6 Å². The van der Waals surface area contributed by atoms with Crippen molar-refractivity contribution in [2.75, 3.05) is 32.7 Å². The summed E-state index contributed by atoms with van der Waals surface area (Å²) in [6.07, 6.45) is 2.02. The van der Waals surface area contributed by atoms with Gasteiger partial charge in [0.2, 0.25) is 5.91 Å². The van der Waals surface area contributed by atoms with Crippen molar-refractivity contribution >= 4 is 21.8 Å². The Bertz CT molecular complexity index is 275. The summed E-state index contributed by atoms with van der Waals surface area (Å²) in [4.78, 5) is 16.6. The van der Waals surface area contributed by atoms with Gasteiger partial charge in [0.05, 0.1) is 0 Å². The third-order valence-corrected chi connectivity index (χ3v) is 4.41. The van der Waals surface area contributed by atoms with Crippen molar-refractivity contribution in [3.63, 3.8) is 0 Å². The van der Waals surface area contributed by atoms with Crippen LogP contribution in [0.4, 0.5) is 0 Å². The molecular formula is C13H23BrN2O. The molecule has 0 saturated carbocycles. The second-order valence-electron chi connectivity index (χ2n) is 5.85. The summed E-state index contributed by atoms with van der Waals surface area (Å²) in [6.45, 7) is 9.89. The number of carbonyl (C=O) groups excluding carboxylic acids is 1. The molecule has 0 aliphatic carbocycles. The number of likely N-dealkylation sites (tertiary alicyclic amines) is 2. The van der Waals surface area contributed by atoms with Crippen LogP contribution in [0, 0.1) is 11.8 Å². The van der Waals surface area contributed by atoms with E-state index < -0.39 is 0 Å². The summed E-state index contributed by atoms with van der Waals surface area (Å²) in [6, 6.07) is 0. The lowest BCUT2D eigenvalue weighted by molar-refractivity contribution is -0.127. The highest BCUT2D eigenvalue weighted by molar-refractivity contribution is 9.09. The molecule has 1 amide bonds. The zero-order valence-corrected chi connectivity index (χ0v) is 12.4. The first-order valence-corrected chi connectivity index (χ1v) is 7.60. The van der Waals surface area contributed by atoms with Crippen molar-refractivity contribution in [2.45, 2.75) is 31.5 Å². The van der Waals surface area contributed by atoms with Gasteiger partial charge < -0.3 is 9.80 Å². The fourth-order valence-electron chi connectivity index (χ4n) is 3.18. The van der Waals surface area contributed by atoms with Crippen LogP contribution in [0.3, 0.4) is 0 Å². The first-order valence-electron chi connectivity index (χ1n) is 6.68. The minimum Gasteiger partial charge on any atom is -0.340 e. The fraction of sp³-hybridized carbons (Fsp3) is 0.923. The average molecular weight is 303 g/mol. The summed E-state index contributed by atoms with van der Waals surface area (Å²) in [5.74, 6) is 1.92. The molecule has 3 unspecified atom stereocenters. The lowest BCUT2D eigenvalue weighted by atomic mass is 9.92. The van der Waals surface area contributed by atoms with E-state index in [9.17, 15) is 4.79 Å². The Morgan fingerprint density at radius 3 is 2.35 bits per heavy atom. The van der Waals surface area contributed by atoms with Crippen molar-refractivity contribution in [3.8, 4) is 0 Å². The molecule has 98 valence electrons. The first kappa shape index (κ1) is 13.3. The molecule has 17 heavy (non-hydrogen) atoms. The summed E-state index contributed by atoms with van der Waals surface area (Å²) in [5.41, 5.74) is 0. The molecule has 2 saturated heterocycles. The van der Waals surface area contributed by atoms with Crippen molar-refractivity contribution in [2.24, 2.45) is 11.8 Å². The monoisotopic (exact) mass is 302 g/mol. The number of amides is 1. The maximum Gasteiger partial charge on any atom is 0.223 e. The molecule has 4 heteroatoms. The highest BCUT2D eigenvalue weighted by atomic mass is 79.9. The van der Waals surface area contributed by atoms with Gasteiger partial charge in [0.25, 0.3) is 0 Å². The van der Waals surface area contributed by atoms with Crippen LogP contribution >= 0.6 is 15.9 Å². The van der Waals surface area contributed by atoms with Crippen molar-refractivity contribution in [1.29, 1.82) is 0 Å². The van der Waals surface area contributed by atoms with E-state index >= 15 is 0 Å². The number of hydrogen-bond acceptors (Lipinski definition) is 2. The molecule has 0 radical (unpaired) electrons. The minimum absolute atomic E-state index is 0.310. The van der Waals surface area contributed by atoms with Gasteiger partial charge in [-0.2, -0.15) is 0 Å². The minimum atomic E-state index is 0.310. The van der Waals surface area contributed by atoms with Crippen LogP contribution in [0.1, 0.15) is 26.7 Å². The van der Waals surface area contributed by atoms with Crippen LogP contribution in [0.15, 0.2) is 0 Å². The van der Waals surface area contributed by atoms with E-state index in [1.165, 1.54) is 19.5 Å². The Morgan fingerprint density at radius 2 is 1.82 bits per heavy atom. The van der Waals surface area contributed by atoms with Gasteiger partial charge in [0.15, 0.2) is 0 Å². The van der Waals surface area contributed by atoms with Gasteiger partial charge >= 0.3 is 0 Å². The van der Waals surface area contributed by atoms with Crippen LogP contribution in [0.5, 0.6) is 0 Å². The highest BCUT2D eigenvalue weighted by Gasteiger charge is 2.28. The first-order chi connectivity index (χ1) is 8.04. The van der Waals surface area contributed by atoms with Gasteiger partial charge in [-0.1, -0.05) is 29.8 Å². The molecule has 0 spiro atoms. The van der Waals surface area contributed by atoms with E-state index in [1.807, 2.05) is 4.90 Å². The number of carbonyl (C=O) groups is 1. The SMILES string of the molecule is CC1CC(C)CN(CCN2CC(Br)CC2=O)C1. The Balaban J connectivity index is 1.76. The lowest BCUT2D eigenvalue weighted by Crippen LogP contribution is -2.43. The molecular weight excluding hydrogens is 280 g/mol. The molecule has 3 nitrogen and oxygen atoms in total. The molecule has 2 rings (SSSR count). The van der Waals surface area contributed by atoms with Gasteiger partial charge in [-0.3, -0.25) is 4.79 Å². The Morgan fingerprint density at radius 1 is 1.18 bits per heavy atom. The van der Waals surface area contributed by atoms with E-state index in [-0.39, 0.29) is 0 Å². The molecule has 0 aromatic rings. The van der Waals surface area contributed by atoms with E-state index in [0.717, 1.165) is 31.5 Å². The molecule has 2 aliphatic rings. The normalized spacial score (nSPS) is 35.6. The van der Waals surface area contributed by atoms with Crippen LogP contribution in [-0.2, 0) is 4.79 Å². The van der Waals surface area contributed by atoms with Crippen LogP contribution < -0.4 is 0 Å². The zero-order chi connectivity index (χ0) is 12.4. The second kappa shape index (κ2) is 5.70. The number of hydrogen-bond donors (Lipinski definition) is 0. The van der Waals surface area contributed by atoms with Crippen molar-refractivity contribution in [3.05, 3.63) is 0 Å².